The second kappa shape index (κ2) is 5.37. The summed E-state index contributed by atoms with van der Waals surface area (Å²) in [5, 5.41) is 17.3. The van der Waals surface area contributed by atoms with E-state index in [1.54, 1.807) is 19.1 Å². The predicted molar refractivity (Wildman–Crippen MR) is 62.7 cm³/mol. The fourth-order valence-electron chi connectivity index (χ4n) is 1.47. The molecule has 0 unspecified atom stereocenters. The quantitative estimate of drug-likeness (QED) is 0.637. The van der Waals surface area contributed by atoms with E-state index in [1.165, 1.54) is 12.1 Å². The van der Waals surface area contributed by atoms with Crippen molar-refractivity contribution in [3.63, 3.8) is 0 Å². The van der Waals surface area contributed by atoms with Crippen molar-refractivity contribution in [2.45, 2.75) is 20.0 Å². The normalized spacial score (nSPS) is 10.5. The standard InChI is InChI=1S/C11H12N4O3/c1-8-13-11(14-18-8)7-12-6-9-2-4-10(5-3-9)15(16)17/h2-5,12H,6-7H2,1H3. The number of nitrogens with one attached hydrogen (secondary N) is 1. The molecular formula is C11H12N4O3. The van der Waals surface area contributed by atoms with Gasteiger partial charge < -0.3 is 9.84 Å². The third-order valence-corrected chi connectivity index (χ3v) is 2.33. The van der Waals surface area contributed by atoms with E-state index in [9.17, 15) is 10.1 Å². The molecule has 1 N–H and O–H groups in total. The van der Waals surface area contributed by atoms with Crippen LogP contribution in [-0.4, -0.2) is 15.1 Å². The van der Waals surface area contributed by atoms with Crippen LogP contribution in [0.1, 0.15) is 17.3 Å². The van der Waals surface area contributed by atoms with E-state index in [2.05, 4.69) is 15.5 Å². The second-order valence-electron chi connectivity index (χ2n) is 3.76. The van der Waals surface area contributed by atoms with E-state index in [0.717, 1.165) is 5.56 Å². The monoisotopic (exact) mass is 248 g/mol. The van der Waals surface area contributed by atoms with Crippen LogP contribution >= 0.6 is 0 Å². The maximum atomic E-state index is 10.5. The zero-order valence-electron chi connectivity index (χ0n) is 9.79. The molecule has 0 aliphatic heterocycles. The van der Waals surface area contributed by atoms with Gasteiger partial charge in [-0.15, -0.1) is 0 Å². The van der Waals surface area contributed by atoms with Crippen molar-refractivity contribution in [3.8, 4) is 0 Å². The highest BCUT2D eigenvalue weighted by atomic mass is 16.6. The van der Waals surface area contributed by atoms with Crippen LogP contribution < -0.4 is 5.32 Å². The lowest BCUT2D eigenvalue weighted by molar-refractivity contribution is -0.384. The van der Waals surface area contributed by atoms with E-state index in [0.29, 0.717) is 24.8 Å². The molecular weight excluding hydrogens is 236 g/mol. The van der Waals surface area contributed by atoms with Gasteiger partial charge in [-0.3, -0.25) is 10.1 Å². The van der Waals surface area contributed by atoms with E-state index in [1.807, 2.05) is 0 Å². The minimum atomic E-state index is -0.417. The maximum Gasteiger partial charge on any atom is 0.269 e. The van der Waals surface area contributed by atoms with Crippen molar-refractivity contribution < 1.29 is 9.45 Å². The lowest BCUT2D eigenvalue weighted by Gasteiger charge is -2.01. The number of hydrogen-bond donors (Lipinski definition) is 1. The molecule has 0 amide bonds. The summed E-state index contributed by atoms with van der Waals surface area (Å²) >= 11 is 0. The summed E-state index contributed by atoms with van der Waals surface area (Å²) in [7, 11) is 0. The Morgan fingerprint density at radius 2 is 2.06 bits per heavy atom. The summed E-state index contributed by atoms with van der Waals surface area (Å²) in [5.74, 6) is 1.12. The molecule has 18 heavy (non-hydrogen) atoms. The molecule has 0 aliphatic rings. The second-order valence-corrected chi connectivity index (χ2v) is 3.76. The van der Waals surface area contributed by atoms with Gasteiger partial charge in [-0.25, -0.2) is 0 Å². The first kappa shape index (κ1) is 12.2. The largest absolute Gasteiger partial charge is 0.340 e. The van der Waals surface area contributed by atoms with Crippen molar-refractivity contribution in [1.82, 2.24) is 15.5 Å². The van der Waals surface area contributed by atoms with E-state index in [4.69, 9.17) is 4.52 Å². The molecule has 0 fully saturated rings. The Bertz CT molecular complexity index is 535. The van der Waals surface area contributed by atoms with Crippen LogP contribution in [0.5, 0.6) is 0 Å². The van der Waals surface area contributed by atoms with Crippen LogP contribution in [0.4, 0.5) is 5.69 Å². The summed E-state index contributed by atoms with van der Waals surface area (Å²) in [4.78, 5) is 14.1. The number of rotatable bonds is 5. The molecule has 0 spiro atoms. The number of hydrogen-bond acceptors (Lipinski definition) is 6. The van der Waals surface area contributed by atoms with Gasteiger partial charge in [0.15, 0.2) is 5.82 Å². The third-order valence-electron chi connectivity index (χ3n) is 2.33. The van der Waals surface area contributed by atoms with Gasteiger partial charge in [0.05, 0.1) is 11.5 Å². The molecule has 0 saturated carbocycles. The van der Waals surface area contributed by atoms with Gasteiger partial charge in [-0.05, 0) is 5.56 Å². The summed E-state index contributed by atoms with van der Waals surface area (Å²) in [5.41, 5.74) is 1.05. The van der Waals surface area contributed by atoms with Gasteiger partial charge in [0, 0.05) is 25.6 Å². The fourth-order valence-corrected chi connectivity index (χ4v) is 1.47. The Morgan fingerprint density at radius 3 is 2.61 bits per heavy atom. The first-order valence-electron chi connectivity index (χ1n) is 5.38. The average Bonchev–Trinajstić information content (AvgIpc) is 2.76. The van der Waals surface area contributed by atoms with Crippen LogP contribution in [0.3, 0.4) is 0 Å². The summed E-state index contributed by atoms with van der Waals surface area (Å²) in [6.45, 7) is 2.81. The van der Waals surface area contributed by atoms with Crippen LogP contribution in [0, 0.1) is 17.0 Å². The Balaban J connectivity index is 1.85. The highest BCUT2D eigenvalue weighted by molar-refractivity contribution is 5.32. The van der Waals surface area contributed by atoms with Crippen molar-refractivity contribution in [2.75, 3.05) is 0 Å². The van der Waals surface area contributed by atoms with Crippen molar-refractivity contribution >= 4 is 5.69 Å². The molecule has 1 aromatic heterocycles. The minimum Gasteiger partial charge on any atom is -0.340 e. The van der Waals surface area contributed by atoms with Gasteiger partial charge >= 0.3 is 0 Å². The number of nitro groups is 1. The van der Waals surface area contributed by atoms with Crippen LogP contribution in [0.2, 0.25) is 0 Å². The zero-order valence-corrected chi connectivity index (χ0v) is 9.79. The molecule has 0 aliphatic carbocycles. The molecule has 7 heteroatoms. The molecule has 0 saturated heterocycles. The number of aromatic nitrogens is 2. The van der Waals surface area contributed by atoms with Gasteiger partial charge in [0.25, 0.3) is 5.69 Å². The number of nitro benzene ring substituents is 1. The van der Waals surface area contributed by atoms with E-state index >= 15 is 0 Å². The molecule has 1 heterocycles. The van der Waals surface area contributed by atoms with Gasteiger partial charge in [0.1, 0.15) is 0 Å². The van der Waals surface area contributed by atoms with Crippen LogP contribution in [-0.2, 0) is 13.1 Å². The first-order chi connectivity index (χ1) is 8.65. The predicted octanol–water partition coefficient (Wildman–Crippen LogP) is 1.58. The van der Waals surface area contributed by atoms with E-state index < -0.39 is 4.92 Å². The molecule has 2 rings (SSSR count). The average molecular weight is 248 g/mol. The minimum absolute atomic E-state index is 0.0903. The molecule has 2 aromatic rings. The fraction of sp³-hybridized carbons (Fsp3) is 0.273. The van der Waals surface area contributed by atoms with Crippen molar-refractivity contribution in [2.24, 2.45) is 0 Å². The maximum absolute atomic E-state index is 10.5. The number of benzene rings is 1. The van der Waals surface area contributed by atoms with Crippen molar-refractivity contribution in [1.29, 1.82) is 0 Å². The zero-order chi connectivity index (χ0) is 13.0. The third kappa shape index (κ3) is 3.11. The highest BCUT2D eigenvalue weighted by Gasteiger charge is 2.04. The Hall–Kier alpha value is -2.28. The molecule has 0 atom stereocenters. The summed E-state index contributed by atoms with van der Waals surface area (Å²) in [6.07, 6.45) is 0. The number of nitrogens with zero attached hydrogens (tertiary/aromatic N) is 3. The van der Waals surface area contributed by atoms with Crippen LogP contribution in [0.15, 0.2) is 28.8 Å². The van der Waals surface area contributed by atoms with E-state index in [-0.39, 0.29) is 5.69 Å². The molecule has 94 valence electrons. The smallest absolute Gasteiger partial charge is 0.269 e. The summed E-state index contributed by atoms with van der Waals surface area (Å²) in [6, 6.07) is 6.39. The lowest BCUT2D eigenvalue weighted by Crippen LogP contribution is -2.13. The lowest BCUT2D eigenvalue weighted by atomic mass is 10.2. The Labute approximate surface area is 103 Å². The Morgan fingerprint density at radius 1 is 1.33 bits per heavy atom. The number of non-ortho nitro benzene ring substituents is 1. The van der Waals surface area contributed by atoms with Crippen LogP contribution in [0.25, 0.3) is 0 Å². The SMILES string of the molecule is Cc1nc(CNCc2ccc([N+](=O)[O-])cc2)no1. The van der Waals surface area contributed by atoms with Gasteiger partial charge in [-0.2, -0.15) is 4.98 Å². The van der Waals surface area contributed by atoms with Gasteiger partial charge in [0.2, 0.25) is 5.89 Å². The van der Waals surface area contributed by atoms with Crippen molar-refractivity contribution in [3.05, 3.63) is 51.7 Å². The Kier molecular flexibility index (Phi) is 3.63. The number of aryl methyl sites for hydroxylation is 1. The molecule has 7 nitrogen and oxygen atoms in total. The highest BCUT2D eigenvalue weighted by Crippen LogP contribution is 2.11. The summed E-state index contributed by atoms with van der Waals surface area (Å²) < 4.78 is 4.83. The molecule has 1 aromatic carbocycles. The first-order valence-corrected chi connectivity index (χ1v) is 5.38. The molecule has 0 radical (unpaired) electrons. The van der Waals surface area contributed by atoms with Gasteiger partial charge in [-0.1, -0.05) is 17.3 Å². The topological polar surface area (TPSA) is 94.1 Å². The molecule has 0 bridgehead atoms.